The number of rotatable bonds is 6. The molecule has 2 aromatic carbocycles. The smallest absolute Gasteiger partial charge is 0.331 e. The zero-order valence-corrected chi connectivity index (χ0v) is 17.5. The molecule has 0 radical (unpaired) electrons. The van der Waals surface area contributed by atoms with Crippen LogP contribution < -0.4 is 27.1 Å². The molecule has 0 saturated carbocycles. The van der Waals surface area contributed by atoms with Crippen molar-refractivity contribution in [1.29, 1.82) is 0 Å². The third kappa shape index (κ3) is 4.29. The van der Waals surface area contributed by atoms with E-state index in [-0.39, 0.29) is 18.0 Å². The number of hydrogen-bond acceptors (Lipinski definition) is 5. The number of aromatic amines is 1. The average molecular weight is 430 g/mol. The van der Waals surface area contributed by atoms with Gasteiger partial charge in [0.25, 0.3) is 5.56 Å². The Kier molecular flexibility index (Phi) is 5.85. The molecule has 3 N–H and O–H groups in total. The van der Waals surface area contributed by atoms with Crippen LogP contribution in [-0.2, 0) is 11.3 Å². The van der Waals surface area contributed by atoms with E-state index in [9.17, 15) is 19.5 Å². The molecule has 0 bridgehead atoms. The summed E-state index contributed by atoms with van der Waals surface area (Å²) in [6.07, 6.45) is 1.98. The van der Waals surface area contributed by atoms with Crippen molar-refractivity contribution in [3.63, 3.8) is 0 Å². The molecule has 0 fully saturated rings. The number of nitrogens with zero attached hydrogens (tertiary/aromatic N) is 2. The van der Waals surface area contributed by atoms with Crippen LogP contribution in [0.5, 0.6) is 5.88 Å². The monoisotopic (exact) mass is 430 g/mol. The first-order chi connectivity index (χ1) is 15.4. The number of para-hydroxylation sites is 1. The Morgan fingerprint density at radius 2 is 1.84 bits per heavy atom. The molecule has 1 amide bonds. The van der Waals surface area contributed by atoms with Gasteiger partial charge in [-0.05, 0) is 29.7 Å². The number of allylic oxidation sites excluding steroid dienone is 1. The van der Waals surface area contributed by atoms with Crippen molar-refractivity contribution in [2.45, 2.75) is 19.9 Å². The predicted molar refractivity (Wildman–Crippen MR) is 120 cm³/mol. The molecule has 3 aromatic rings. The highest BCUT2D eigenvalue weighted by atomic mass is 16.3. The lowest BCUT2D eigenvalue weighted by molar-refractivity contribution is -0.118. The van der Waals surface area contributed by atoms with E-state index >= 15 is 0 Å². The van der Waals surface area contributed by atoms with Gasteiger partial charge in [-0.25, -0.2) is 9.79 Å². The van der Waals surface area contributed by atoms with Crippen molar-refractivity contribution in [2.24, 2.45) is 4.99 Å². The van der Waals surface area contributed by atoms with Crippen molar-refractivity contribution in [3.05, 3.63) is 103 Å². The maximum Gasteiger partial charge on any atom is 0.331 e. The fraction of sp³-hybridized carbons (Fsp3) is 0.167. The first-order valence-corrected chi connectivity index (χ1v) is 10.2. The minimum Gasteiger partial charge on any atom is -0.494 e. The maximum atomic E-state index is 12.6. The second-order valence-electron chi connectivity index (χ2n) is 7.44. The van der Waals surface area contributed by atoms with E-state index in [1.807, 2.05) is 54.6 Å². The summed E-state index contributed by atoms with van der Waals surface area (Å²) in [5, 5.41) is 15.2. The van der Waals surface area contributed by atoms with E-state index < -0.39 is 17.1 Å². The van der Waals surface area contributed by atoms with Gasteiger partial charge in [0.15, 0.2) is 0 Å². The fourth-order valence-electron chi connectivity index (χ4n) is 3.66. The number of benzene rings is 2. The van der Waals surface area contributed by atoms with Gasteiger partial charge in [0.2, 0.25) is 11.8 Å². The Labute approximate surface area is 182 Å². The zero-order chi connectivity index (χ0) is 22.7. The summed E-state index contributed by atoms with van der Waals surface area (Å²) < 4.78 is 1.11. The number of H-pyrrole nitrogens is 1. The number of aromatic hydroxyl groups is 1. The van der Waals surface area contributed by atoms with Gasteiger partial charge in [-0.15, -0.1) is 0 Å². The molecule has 8 nitrogen and oxygen atoms in total. The van der Waals surface area contributed by atoms with Gasteiger partial charge in [-0.1, -0.05) is 48.5 Å². The van der Waals surface area contributed by atoms with Gasteiger partial charge in [0.1, 0.15) is 5.56 Å². The Morgan fingerprint density at radius 3 is 2.59 bits per heavy atom. The zero-order valence-electron chi connectivity index (χ0n) is 17.5. The molecular formula is C24H22N4O4. The summed E-state index contributed by atoms with van der Waals surface area (Å²) in [5.41, 5.74) is 0.702. The Morgan fingerprint density at radius 1 is 1.12 bits per heavy atom. The molecule has 1 aliphatic rings. The van der Waals surface area contributed by atoms with Crippen molar-refractivity contribution >= 4 is 17.6 Å². The normalized spacial score (nSPS) is 13.7. The van der Waals surface area contributed by atoms with Crippen LogP contribution in [0, 0.1) is 0 Å². The number of amides is 1. The molecule has 0 spiro atoms. The molecule has 0 saturated heterocycles. The Hall–Kier alpha value is -4.20. The van der Waals surface area contributed by atoms with Crippen LogP contribution in [0.2, 0.25) is 0 Å². The molecule has 32 heavy (non-hydrogen) atoms. The van der Waals surface area contributed by atoms with E-state index in [1.54, 1.807) is 0 Å². The maximum absolute atomic E-state index is 12.6. The first kappa shape index (κ1) is 21.0. The third-order valence-electron chi connectivity index (χ3n) is 5.20. The summed E-state index contributed by atoms with van der Waals surface area (Å²) in [4.78, 5) is 43.1. The molecule has 2 heterocycles. The highest BCUT2D eigenvalue weighted by Gasteiger charge is 2.18. The summed E-state index contributed by atoms with van der Waals surface area (Å²) >= 11 is 0. The average Bonchev–Trinajstić information content (AvgIpc) is 3.12. The molecular weight excluding hydrogens is 408 g/mol. The lowest BCUT2D eigenvalue weighted by atomic mass is 10.1. The predicted octanol–water partition coefficient (Wildman–Crippen LogP) is 0.642. The SMILES string of the molecule is CC(=O)NCCC1=c2ccccc2=N/C1=C\c1c(O)n(Cc2ccccc2)c(=O)[nH]c1=O. The molecule has 0 atom stereocenters. The van der Waals surface area contributed by atoms with Gasteiger partial charge in [-0.3, -0.25) is 19.1 Å². The van der Waals surface area contributed by atoms with Gasteiger partial charge in [-0.2, -0.15) is 0 Å². The summed E-state index contributed by atoms with van der Waals surface area (Å²) in [7, 11) is 0. The second kappa shape index (κ2) is 8.89. The van der Waals surface area contributed by atoms with E-state index in [0.717, 1.165) is 26.3 Å². The number of fused-ring (bicyclic) bond motifs is 1. The molecule has 0 unspecified atom stereocenters. The fourth-order valence-corrected chi connectivity index (χ4v) is 3.66. The Balaban J connectivity index is 1.79. The van der Waals surface area contributed by atoms with E-state index in [0.29, 0.717) is 18.7 Å². The van der Waals surface area contributed by atoms with Crippen molar-refractivity contribution in [2.75, 3.05) is 6.54 Å². The highest BCUT2D eigenvalue weighted by molar-refractivity contribution is 5.77. The van der Waals surface area contributed by atoms with Crippen LogP contribution in [0.15, 0.2) is 74.9 Å². The highest BCUT2D eigenvalue weighted by Crippen LogP contribution is 2.23. The topological polar surface area (TPSA) is 117 Å². The number of carbonyl (C=O) groups excluding carboxylic acids is 1. The molecule has 1 aliphatic heterocycles. The van der Waals surface area contributed by atoms with Crippen molar-refractivity contribution in [3.8, 4) is 5.88 Å². The summed E-state index contributed by atoms with van der Waals surface area (Å²) in [6, 6.07) is 16.7. The Bertz CT molecular complexity index is 1450. The van der Waals surface area contributed by atoms with Crippen LogP contribution in [-0.4, -0.2) is 27.1 Å². The number of carbonyl (C=O) groups is 1. The number of nitrogens with one attached hydrogen (secondary N) is 2. The minimum absolute atomic E-state index is 0.0517. The largest absolute Gasteiger partial charge is 0.494 e. The number of aromatic nitrogens is 2. The lowest BCUT2D eigenvalue weighted by Crippen LogP contribution is -2.31. The number of hydrogen-bond donors (Lipinski definition) is 3. The van der Waals surface area contributed by atoms with Crippen LogP contribution in [0.1, 0.15) is 24.5 Å². The first-order valence-electron chi connectivity index (χ1n) is 10.2. The van der Waals surface area contributed by atoms with Gasteiger partial charge < -0.3 is 10.4 Å². The standard InChI is InChI=1S/C24H22N4O4/c1-15(29)25-12-11-18-17-9-5-6-10-20(17)26-21(18)13-19-22(30)27-24(32)28(23(19)31)14-16-7-3-2-4-8-16/h2-10,13,31H,11-12,14H2,1H3,(H,25,29)(H,27,30,32)/b21-13-. The van der Waals surface area contributed by atoms with E-state index in [4.69, 9.17) is 0 Å². The molecule has 8 heteroatoms. The molecule has 0 aliphatic carbocycles. The van der Waals surface area contributed by atoms with Crippen LogP contribution in [0.3, 0.4) is 0 Å². The van der Waals surface area contributed by atoms with Crippen LogP contribution in [0.25, 0.3) is 11.6 Å². The lowest BCUT2D eigenvalue weighted by Gasteiger charge is -2.11. The summed E-state index contributed by atoms with van der Waals surface area (Å²) in [6.45, 7) is 1.96. The summed E-state index contributed by atoms with van der Waals surface area (Å²) in [5.74, 6) is -0.566. The van der Waals surface area contributed by atoms with Gasteiger partial charge >= 0.3 is 5.69 Å². The molecule has 162 valence electrons. The van der Waals surface area contributed by atoms with Crippen molar-refractivity contribution < 1.29 is 9.90 Å². The molecule has 4 rings (SSSR count). The van der Waals surface area contributed by atoms with Crippen LogP contribution in [0.4, 0.5) is 0 Å². The molecule has 1 aromatic heterocycles. The second-order valence-corrected chi connectivity index (χ2v) is 7.44. The van der Waals surface area contributed by atoms with E-state index in [1.165, 1.54) is 13.0 Å². The van der Waals surface area contributed by atoms with Gasteiger partial charge in [0, 0.05) is 18.7 Å². The van der Waals surface area contributed by atoms with Crippen molar-refractivity contribution in [1.82, 2.24) is 14.9 Å². The third-order valence-corrected chi connectivity index (χ3v) is 5.20. The minimum atomic E-state index is -0.698. The van der Waals surface area contributed by atoms with Gasteiger partial charge in [0.05, 0.1) is 17.6 Å². The quantitative estimate of drug-likeness (QED) is 0.532. The van der Waals surface area contributed by atoms with Crippen LogP contribution >= 0.6 is 0 Å². The van der Waals surface area contributed by atoms with E-state index in [2.05, 4.69) is 15.3 Å².